The highest BCUT2D eigenvalue weighted by Crippen LogP contribution is 2.29. The molecule has 2 rings (SSSR count). The van der Waals surface area contributed by atoms with E-state index in [1.54, 1.807) is 12.1 Å². The molecular formula is C10H10F3N7. The summed E-state index contributed by atoms with van der Waals surface area (Å²) in [5.41, 5.74) is 1.45. The van der Waals surface area contributed by atoms with Crippen LogP contribution in [0.1, 0.15) is 11.4 Å². The largest absolute Gasteiger partial charge is 0.433 e. The normalized spacial score (nSPS) is 11.2. The van der Waals surface area contributed by atoms with Gasteiger partial charge in [0.2, 0.25) is 5.95 Å². The molecule has 2 aromatic rings. The lowest BCUT2D eigenvalue weighted by molar-refractivity contribution is -0.141. The van der Waals surface area contributed by atoms with E-state index < -0.39 is 11.9 Å². The van der Waals surface area contributed by atoms with Crippen LogP contribution in [0.4, 0.5) is 24.9 Å². The predicted molar refractivity (Wildman–Crippen MR) is 64.2 cm³/mol. The van der Waals surface area contributed by atoms with Crippen LogP contribution in [0.25, 0.3) is 0 Å². The number of nitrogens with one attached hydrogen (secondary N) is 2. The first-order chi connectivity index (χ1) is 9.49. The highest BCUT2D eigenvalue weighted by Gasteiger charge is 2.33. The van der Waals surface area contributed by atoms with Gasteiger partial charge in [-0.25, -0.2) is 10.8 Å². The number of aromatic nitrogens is 4. The Kier molecular flexibility index (Phi) is 3.94. The van der Waals surface area contributed by atoms with Crippen molar-refractivity contribution in [3.05, 3.63) is 35.8 Å². The SMILES string of the molecule is NNc1nc(NCc2cccnn2)cc(C(F)(F)F)n1. The fraction of sp³-hybridized carbons (Fsp3) is 0.200. The van der Waals surface area contributed by atoms with E-state index in [4.69, 9.17) is 5.84 Å². The van der Waals surface area contributed by atoms with Crippen LogP contribution >= 0.6 is 0 Å². The van der Waals surface area contributed by atoms with E-state index >= 15 is 0 Å². The molecule has 0 radical (unpaired) electrons. The molecule has 7 nitrogen and oxygen atoms in total. The van der Waals surface area contributed by atoms with Gasteiger partial charge in [-0.1, -0.05) is 0 Å². The average Bonchev–Trinajstić information content (AvgIpc) is 2.45. The van der Waals surface area contributed by atoms with Crippen molar-refractivity contribution in [2.24, 2.45) is 5.84 Å². The number of nitrogens with two attached hydrogens (primary N) is 1. The zero-order valence-corrected chi connectivity index (χ0v) is 10.0. The third-order valence-electron chi connectivity index (χ3n) is 2.22. The fourth-order valence-corrected chi connectivity index (χ4v) is 1.36. The molecule has 4 N–H and O–H groups in total. The smallest absolute Gasteiger partial charge is 0.364 e. The van der Waals surface area contributed by atoms with Gasteiger partial charge >= 0.3 is 6.18 Å². The highest BCUT2D eigenvalue weighted by atomic mass is 19.4. The molecule has 10 heteroatoms. The number of hydrogen-bond acceptors (Lipinski definition) is 7. The van der Waals surface area contributed by atoms with E-state index in [2.05, 4.69) is 25.5 Å². The Morgan fingerprint density at radius 2 is 2.05 bits per heavy atom. The van der Waals surface area contributed by atoms with Gasteiger partial charge in [-0.3, -0.25) is 5.43 Å². The fourth-order valence-electron chi connectivity index (χ4n) is 1.36. The van der Waals surface area contributed by atoms with E-state index in [0.29, 0.717) is 5.69 Å². The maximum absolute atomic E-state index is 12.6. The molecule has 20 heavy (non-hydrogen) atoms. The zero-order chi connectivity index (χ0) is 14.6. The Balaban J connectivity index is 2.19. The molecule has 0 spiro atoms. The second-order valence-electron chi connectivity index (χ2n) is 3.67. The lowest BCUT2D eigenvalue weighted by Crippen LogP contribution is -2.17. The lowest BCUT2D eigenvalue weighted by atomic mass is 10.3. The summed E-state index contributed by atoms with van der Waals surface area (Å²) in [7, 11) is 0. The third kappa shape index (κ3) is 3.51. The summed E-state index contributed by atoms with van der Waals surface area (Å²) < 4.78 is 37.9. The van der Waals surface area contributed by atoms with Crippen molar-refractivity contribution in [3.63, 3.8) is 0 Å². The van der Waals surface area contributed by atoms with Gasteiger partial charge in [0.25, 0.3) is 0 Å². The molecule has 0 aliphatic rings. The molecule has 0 unspecified atom stereocenters. The van der Waals surface area contributed by atoms with Crippen LogP contribution in [0, 0.1) is 0 Å². The standard InChI is InChI=1S/C10H10F3N7/c11-10(12,13)7-4-8(18-9(17-7)19-14)15-5-6-2-1-3-16-20-6/h1-4H,5,14H2,(H2,15,17,18,19). The first-order valence-electron chi connectivity index (χ1n) is 5.42. The number of hydrazine groups is 1. The van der Waals surface area contributed by atoms with Gasteiger partial charge in [0, 0.05) is 12.3 Å². The van der Waals surface area contributed by atoms with Crippen molar-refractivity contribution in [1.82, 2.24) is 20.2 Å². The van der Waals surface area contributed by atoms with Crippen LogP contribution in [0.3, 0.4) is 0 Å². The Morgan fingerprint density at radius 1 is 1.25 bits per heavy atom. The molecule has 0 atom stereocenters. The summed E-state index contributed by atoms with van der Waals surface area (Å²) in [6.45, 7) is 0.173. The molecule has 0 fully saturated rings. The molecule has 0 amide bonds. The first-order valence-corrected chi connectivity index (χ1v) is 5.42. The van der Waals surface area contributed by atoms with E-state index in [1.165, 1.54) is 6.20 Å². The second kappa shape index (κ2) is 5.65. The number of rotatable bonds is 4. The van der Waals surface area contributed by atoms with Crippen LogP contribution in [0.5, 0.6) is 0 Å². The summed E-state index contributed by atoms with van der Waals surface area (Å²) in [4.78, 5) is 7.01. The van der Waals surface area contributed by atoms with Gasteiger partial charge in [-0.2, -0.15) is 28.4 Å². The summed E-state index contributed by atoms with van der Waals surface area (Å²) >= 11 is 0. The van der Waals surface area contributed by atoms with Crippen molar-refractivity contribution in [1.29, 1.82) is 0 Å². The molecule has 0 aliphatic carbocycles. The number of alkyl halides is 3. The van der Waals surface area contributed by atoms with Crippen molar-refractivity contribution in [2.45, 2.75) is 12.7 Å². The Morgan fingerprint density at radius 3 is 2.65 bits per heavy atom. The molecule has 106 valence electrons. The van der Waals surface area contributed by atoms with Crippen LogP contribution in [0.15, 0.2) is 24.4 Å². The number of anilines is 2. The zero-order valence-electron chi connectivity index (χ0n) is 10.0. The number of halogens is 3. The van der Waals surface area contributed by atoms with E-state index in [-0.39, 0.29) is 18.3 Å². The average molecular weight is 285 g/mol. The van der Waals surface area contributed by atoms with E-state index in [9.17, 15) is 13.2 Å². The minimum absolute atomic E-state index is 0.0223. The van der Waals surface area contributed by atoms with Crippen LogP contribution in [-0.2, 0) is 12.7 Å². The topological polar surface area (TPSA) is 102 Å². The van der Waals surface area contributed by atoms with Gasteiger partial charge in [0.1, 0.15) is 5.82 Å². The van der Waals surface area contributed by atoms with Gasteiger partial charge < -0.3 is 5.32 Å². The minimum Gasteiger partial charge on any atom is -0.364 e. The van der Waals surface area contributed by atoms with Crippen molar-refractivity contribution < 1.29 is 13.2 Å². The number of nitrogen functional groups attached to an aromatic ring is 1. The lowest BCUT2D eigenvalue weighted by Gasteiger charge is -2.11. The molecular weight excluding hydrogens is 275 g/mol. The van der Waals surface area contributed by atoms with Gasteiger partial charge in [-0.15, -0.1) is 0 Å². The summed E-state index contributed by atoms with van der Waals surface area (Å²) in [6.07, 6.45) is -3.09. The molecule has 0 aromatic carbocycles. The Labute approximate surface area is 111 Å². The molecule has 2 aromatic heterocycles. The Hall–Kier alpha value is -2.49. The maximum atomic E-state index is 12.6. The third-order valence-corrected chi connectivity index (χ3v) is 2.22. The summed E-state index contributed by atoms with van der Waals surface area (Å²) in [5, 5.41) is 10.1. The Bertz CT molecular complexity index is 573. The van der Waals surface area contributed by atoms with Crippen molar-refractivity contribution in [2.75, 3.05) is 10.7 Å². The second-order valence-corrected chi connectivity index (χ2v) is 3.67. The van der Waals surface area contributed by atoms with Crippen LogP contribution in [0.2, 0.25) is 0 Å². The van der Waals surface area contributed by atoms with Gasteiger partial charge in [0.05, 0.1) is 12.2 Å². The van der Waals surface area contributed by atoms with Gasteiger partial charge in [-0.05, 0) is 12.1 Å². The summed E-state index contributed by atoms with van der Waals surface area (Å²) in [6, 6.07) is 4.13. The minimum atomic E-state index is -4.59. The predicted octanol–water partition coefficient (Wildman–Crippen LogP) is 1.18. The molecule has 0 aliphatic heterocycles. The van der Waals surface area contributed by atoms with Gasteiger partial charge in [0.15, 0.2) is 5.69 Å². The molecule has 0 saturated carbocycles. The molecule has 0 saturated heterocycles. The quantitative estimate of drug-likeness (QED) is 0.572. The highest BCUT2D eigenvalue weighted by molar-refractivity contribution is 5.42. The van der Waals surface area contributed by atoms with Crippen molar-refractivity contribution >= 4 is 11.8 Å². The maximum Gasteiger partial charge on any atom is 0.433 e. The van der Waals surface area contributed by atoms with Crippen LogP contribution in [-0.4, -0.2) is 20.2 Å². The van der Waals surface area contributed by atoms with Crippen LogP contribution < -0.4 is 16.6 Å². The number of hydrogen-bond donors (Lipinski definition) is 3. The van der Waals surface area contributed by atoms with E-state index in [1.807, 2.05) is 5.43 Å². The molecule has 0 bridgehead atoms. The number of nitrogens with zero attached hydrogens (tertiary/aromatic N) is 4. The molecule has 2 heterocycles. The van der Waals surface area contributed by atoms with E-state index in [0.717, 1.165) is 6.07 Å². The first kappa shape index (κ1) is 13.9. The van der Waals surface area contributed by atoms with Crippen molar-refractivity contribution in [3.8, 4) is 0 Å². The monoisotopic (exact) mass is 285 g/mol. The summed E-state index contributed by atoms with van der Waals surface area (Å²) in [5.74, 6) is 4.69.